The summed E-state index contributed by atoms with van der Waals surface area (Å²) in [6.07, 6.45) is 6.58. The first kappa shape index (κ1) is 15.9. The summed E-state index contributed by atoms with van der Waals surface area (Å²) in [7, 11) is 0. The van der Waals surface area contributed by atoms with Gasteiger partial charge in [0, 0.05) is 29.6 Å². The molecule has 0 saturated heterocycles. The molecule has 0 bridgehead atoms. The average Bonchev–Trinajstić information content (AvgIpc) is 2.97. The fourth-order valence-corrected chi connectivity index (χ4v) is 2.16. The van der Waals surface area contributed by atoms with E-state index in [1.54, 1.807) is 24.5 Å². The Hall–Kier alpha value is -2.95. The van der Waals surface area contributed by atoms with Crippen LogP contribution < -0.4 is 5.32 Å². The molecule has 0 aliphatic carbocycles. The number of oxazole rings is 1. The van der Waals surface area contributed by atoms with Crippen LogP contribution in [0.25, 0.3) is 17.2 Å². The SMILES string of the molecule is CC(C)(C)c1nc2cc(NC(=O)C=Cc3cccnc3)ccc2o1. The number of benzene rings is 1. The lowest BCUT2D eigenvalue weighted by molar-refractivity contribution is -0.111. The molecule has 3 aromatic rings. The predicted molar refractivity (Wildman–Crippen MR) is 94.6 cm³/mol. The number of nitrogens with zero attached hydrogens (tertiary/aromatic N) is 2. The van der Waals surface area contributed by atoms with Crippen molar-refractivity contribution in [2.45, 2.75) is 26.2 Å². The van der Waals surface area contributed by atoms with Crippen LogP contribution in [0.5, 0.6) is 0 Å². The fourth-order valence-electron chi connectivity index (χ4n) is 2.16. The van der Waals surface area contributed by atoms with Crippen molar-refractivity contribution in [1.29, 1.82) is 0 Å². The van der Waals surface area contributed by atoms with Crippen molar-refractivity contribution in [1.82, 2.24) is 9.97 Å². The van der Waals surface area contributed by atoms with Crippen LogP contribution in [-0.2, 0) is 10.2 Å². The summed E-state index contributed by atoms with van der Waals surface area (Å²) in [6, 6.07) is 9.13. The Morgan fingerprint density at radius 3 is 2.79 bits per heavy atom. The molecule has 2 aromatic heterocycles. The number of nitrogens with one attached hydrogen (secondary N) is 1. The topological polar surface area (TPSA) is 68.0 Å². The highest BCUT2D eigenvalue weighted by molar-refractivity contribution is 6.02. The van der Waals surface area contributed by atoms with Gasteiger partial charge in [-0.05, 0) is 35.9 Å². The van der Waals surface area contributed by atoms with Crippen LogP contribution in [0.4, 0.5) is 5.69 Å². The second-order valence-electron chi connectivity index (χ2n) is 6.56. The third kappa shape index (κ3) is 3.68. The normalized spacial score (nSPS) is 12.0. The first-order valence-corrected chi connectivity index (χ1v) is 7.72. The number of carbonyl (C=O) groups is 1. The van der Waals surface area contributed by atoms with E-state index in [1.165, 1.54) is 6.08 Å². The minimum absolute atomic E-state index is 0.158. The molecule has 3 rings (SSSR count). The number of fused-ring (bicyclic) bond motifs is 1. The van der Waals surface area contributed by atoms with Crippen LogP contribution in [0, 0.1) is 0 Å². The van der Waals surface area contributed by atoms with Gasteiger partial charge in [-0.1, -0.05) is 26.8 Å². The van der Waals surface area contributed by atoms with Gasteiger partial charge in [0.1, 0.15) is 5.52 Å². The highest BCUT2D eigenvalue weighted by atomic mass is 16.3. The summed E-state index contributed by atoms with van der Waals surface area (Å²) in [6.45, 7) is 6.14. The molecule has 1 amide bonds. The molecule has 0 spiro atoms. The van der Waals surface area contributed by atoms with E-state index in [0.29, 0.717) is 17.2 Å². The minimum Gasteiger partial charge on any atom is -0.440 e. The zero-order chi connectivity index (χ0) is 17.2. The van der Waals surface area contributed by atoms with Gasteiger partial charge in [0.05, 0.1) is 0 Å². The van der Waals surface area contributed by atoms with E-state index in [0.717, 1.165) is 11.1 Å². The molecule has 2 heterocycles. The second-order valence-corrected chi connectivity index (χ2v) is 6.56. The molecule has 5 nitrogen and oxygen atoms in total. The number of rotatable bonds is 3. The number of hydrogen-bond donors (Lipinski definition) is 1. The second kappa shape index (κ2) is 6.28. The van der Waals surface area contributed by atoms with Crippen molar-refractivity contribution in [3.05, 3.63) is 60.3 Å². The van der Waals surface area contributed by atoms with Gasteiger partial charge in [0.15, 0.2) is 5.58 Å². The Morgan fingerprint density at radius 1 is 1.25 bits per heavy atom. The summed E-state index contributed by atoms with van der Waals surface area (Å²) in [5.74, 6) is 0.468. The molecule has 1 N–H and O–H groups in total. The van der Waals surface area contributed by atoms with Gasteiger partial charge in [0.2, 0.25) is 11.8 Å². The molecular weight excluding hydrogens is 302 g/mol. The van der Waals surface area contributed by atoms with Crippen molar-refractivity contribution < 1.29 is 9.21 Å². The Balaban J connectivity index is 1.75. The van der Waals surface area contributed by atoms with Gasteiger partial charge >= 0.3 is 0 Å². The number of amides is 1. The predicted octanol–water partition coefficient (Wildman–Crippen LogP) is 4.17. The van der Waals surface area contributed by atoms with E-state index >= 15 is 0 Å². The molecule has 0 radical (unpaired) electrons. The van der Waals surface area contributed by atoms with E-state index < -0.39 is 0 Å². The first-order chi connectivity index (χ1) is 11.4. The molecule has 0 atom stereocenters. The van der Waals surface area contributed by atoms with E-state index in [9.17, 15) is 4.79 Å². The Labute approximate surface area is 140 Å². The molecule has 1 aromatic carbocycles. The summed E-state index contributed by atoms with van der Waals surface area (Å²) < 4.78 is 5.75. The van der Waals surface area contributed by atoms with Crippen LogP contribution in [0.3, 0.4) is 0 Å². The zero-order valence-electron chi connectivity index (χ0n) is 13.9. The number of anilines is 1. The van der Waals surface area contributed by atoms with Crippen LogP contribution in [0.2, 0.25) is 0 Å². The third-order valence-corrected chi connectivity index (χ3v) is 3.41. The minimum atomic E-state index is -0.210. The highest BCUT2D eigenvalue weighted by Crippen LogP contribution is 2.27. The molecule has 0 saturated carbocycles. The zero-order valence-corrected chi connectivity index (χ0v) is 13.9. The number of aromatic nitrogens is 2. The summed E-state index contributed by atoms with van der Waals surface area (Å²) in [5, 5.41) is 2.82. The summed E-state index contributed by atoms with van der Waals surface area (Å²) in [5.41, 5.74) is 2.83. The van der Waals surface area contributed by atoms with Gasteiger partial charge in [-0.25, -0.2) is 4.98 Å². The average molecular weight is 321 g/mol. The molecule has 0 aliphatic heterocycles. The quantitative estimate of drug-likeness (QED) is 0.735. The Kier molecular flexibility index (Phi) is 4.16. The first-order valence-electron chi connectivity index (χ1n) is 7.72. The van der Waals surface area contributed by atoms with Gasteiger partial charge in [-0.2, -0.15) is 0 Å². The maximum Gasteiger partial charge on any atom is 0.248 e. The van der Waals surface area contributed by atoms with Crippen LogP contribution >= 0.6 is 0 Å². The van der Waals surface area contributed by atoms with E-state index in [-0.39, 0.29) is 11.3 Å². The standard InChI is InChI=1S/C19H19N3O2/c1-19(2,3)18-22-15-11-14(7-8-16(15)24-18)21-17(23)9-6-13-5-4-10-20-12-13/h4-12H,1-3H3,(H,21,23). The number of pyridine rings is 1. The smallest absolute Gasteiger partial charge is 0.248 e. The lowest BCUT2D eigenvalue weighted by atomic mass is 9.97. The van der Waals surface area contributed by atoms with Crippen molar-refractivity contribution in [3.8, 4) is 0 Å². The molecule has 0 fully saturated rings. The highest BCUT2D eigenvalue weighted by Gasteiger charge is 2.20. The van der Waals surface area contributed by atoms with Crippen molar-refractivity contribution in [3.63, 3.8) is 0 Å². The van der Waals surface area contributed by atoms with E-state index in [2.05, 4.69) is 15.3 Å². The van der Waals surface area contributed by atoms with E-state index in [4.69, 9.17) is 4.42 Å². The summed E-state index contributed by atoms with van der Waals surface area (Å²) in [4.78, 5) is 20.5. The lowest BCUT2D eigenvalue weighted by Gasteiger charge is -2.11. The van der Waals surface area contributed by atoms with Crippen LogP contribution in [0.1, 0.15) is 32.2 Å². The molecule has 0 aliphatic rings. The third-order valence-electron chi connectivity index (χ3n) is 3.41. The number of carbonyl (C=O) groups excluding carboxylic acids is 1. The van der Waals surface area contributed by atoms with E-state index in [1.807, 2.05) is 45.0 Å². The Morgan fingerprint density at radius 2 is 2.08 bits per heavy atom. The van der Waals surface area contributed by atoms with Gasteiger partial charge < -0.3 is 9.73 Å². The van der Waals surface area contributed by atoms with Crippen LogP contribution in [0.15, 0.2) is 53.2 Å². The van der Waals surface area contributed by atoms with Crippen molar-refractivity contribution in [2.75, 3.05) is 5.32 Å². The maximum atomic E-state index is 12.0. The molecule has 5 heteroatoms. The largest absolute Gasteiger partial charge is 0.440 e. The van der Waals surface area contributed by atoms with Gasteiger partial charge in [0.25, 0.3) is 0 Å². The Bertz CT molecular complexity index is 890. The summed E-state index contributed by atoms with van der Waals surface area (Å²) >= 11 is 0. The molecule has 0 unspecified atom stereocenters. The molecular formula is C19H19N3O2. The van der Waals surface area contributed by atoms with Crippen LogP contribution in [-0.4, -0.2) is 15.9 Å². The molecule has 24 heavy (non-hydrogen) atoms. The van der Waals surface area contributed by atoms with Crippen molar-refractivity contribution in [2.24, 2.45) is 0 Å². The molecule has 122 valence electrons. The monoisotopic (exact) mass is 321 g/mol. The maximum absolute atomic E-state index is 12.0. The van der Waals surface area contributed by atoms with Gasteiger partial charge in [-0.3, -0.25) is 9.78 Å². The lowest BCUT2D eigenvalue weighted by Crippen LogP contribution is -2.11. The van der Waals surface area contributed by atoms with Crippen molar-refractivity contribution >= 4 is 28.8 Å². The van der Waals surface area contributed by atoms with Gasteiger partial charge in [-0.15, -0.1) is 0 Å². The fraction of sp³-hybridized carbons (Fsp3) is 0.211. The number of hydrogen-bond acceptors (Lipinski definition) is 4.